The number of carbonyl (C=O) groups is 1. The second kappa shape index (κ2) is 2.34. The van der Waals surface area contributed by atoms with E-state index < -0.39 is 5.97 Å². The van der Waals surface area contributed by atoms with E-state index in [0.717, 1.165) is 4.68 Å². The van der Waals surface area contributed by atoms with Crippen LogP contribution in [0.2, 0.25) is 0 Å². The van der Waals surface area contributed by atoms with Gasteiger partial charge in [-0.15, -0.1) is 5.10 Å². The number of nitrogens with zero attached hydrogens (tertiary/aromatic N) is 3. The Balaban J connectivity index is 2.67. The number of carboxylic acids is 1. The number of hydrogen-bond acceptors (Lipinski definition) is 4. The molecule has 6 heteroatoms. The lowest BCUT2D eigenvalue weighted by molar-refractivity contribution is -0.137. The van der Waals surface area contributed by atoms with Gasteiger partial charge in [0.1, 0.15) is 12.9 Å². The standard InChI is InChI=1S/C4H6N4O2/c5-4-6-2-8(7-4)1-3(9)10/h2H,1H2,(H2,5,7)(H,9,10). The Labute approximate surface area is 56.3 Å². The molecule has 1 heterocycles. The van der Waals surface area contributed by atoms with Crippen molar-refractivity contribution in [2.24, 2.45) is 0 Å². The van der Waals surface area contributed by atoms with Crippen molar-refractivity contribution in [3.05, 3.63) is 6.33 Å². The van der Waals surface area contributed by atoms with Crippen LogP contribution in [0.3, 0.4) is 0 Å². The lowest BCUT2D eigenvalue weighted by Gasteiger charge is -1.90. The molecule has 10 heavy (non-hydrogen) atoms. The lowest BCUT2D eigenvalue weighted by Crippen LogP contribution is -2.09. The van der Waals surface area contributed by atoms with E-state index in [0.29, 0.717) is 0 Å². The molecule has 0 atom stereocenters. The lowest BCUT2D eigenvalue weighted by atomic mass is 10.7. The Kier molecular flexibility index (Phi) is 1.53. The van der Waals surface area contributed by atoms with Crippen LogP contribution in [0.25, 0.3) is 0 Å². The summed E-state index contributed by atoms with van der Waals surface area (Å²) in [6.07, 6.45) is 1.27. The smallest absolute Gasteiger partial charge is 0.325 e. The molecule has 6 nitrogen and oxygen atoms in total. The summed E-state index contributed by atoms with van der Waals surface area (Å²) in [5.41, 5.74) is 5.12. The van der Waals surface area contributed by atoms with E-state index in [1.165, 1.54) is 6.33 Å². The van der Waals surface area contributed by atoms with Crippen molar-refractivity contribution in [2.75, 3.05) is 5.73 Å². The minimum Gasteiger partial charge on any atom is -0.480 e. The second-order valence-corrected chi connectivity index (χ2v) is 1.69. The molecule has 1 rings (SSSR count). The fraction of sp³-hybridized carbons (Fsp3) is 0.250. The molecule has 0 amide bonds. The number of aromatic nitrogens is 3. The van der Waals surface area contributed by atoms with Gasteiger partial charge in [-0.1, -0.05) is 0 Å². The Morgan fingerprint density at radius 1 is 1.90 bits per heavy atom. The van der Waals surface area contributed by atoms with Crippen molar-refractivity contribution in [3.63, 3.8) is 0 Å². The Hall–Kier alpha value is -1.59. The van der Waals surface area contributed by atoms with Gasteiger partial charge in [0, 0.05) is 0 Å². The number of aliphatic carboxylic acids is 1. The molecule has 0 radical (unpaired) electrons. The number of nitrogen functional groups attached to an aromatic ring is 1. The molecule has 0 bridgehead atoms. The summed E-state index contributed by atoms with van der Waals surface area (Å²) in [5, 5.41) is 11.8. The number of hydrogen-bond donors (Lipinski definition) is 2. The summed E-state index contributed by atoms with van der Waals surface area (Å²) >= 11 is 0. The average Bonchev–Trinajstić information content (AvgIpc) is 2.13. The first kappa shape index (κ1) is 6.53. The van der Waals surface area contributed by atoms with Gasteiger partial charge >= 0.3 is 5.97 Å². The van der Waals surface area contributed by atoms with Crippen LogP contribution in [0.4, 0.5) is 5.95 Å². The molecule has 0 aliphatic heterocycles. The molecule has 0 saturated heterocycles. The summed E-state index contributed by atoms with van der Waals surface area (Å²) in [7, 11) is 0. The largest absolute Gasteiger partial charge is 0.480 e. The molecule has 3 N–H and O–H groups in total. The van der Waals surface area contributed by atoms with Crippen LogP contribution in [0.1, 0.15) is 0 Å². The van der Waals surface area contributed by atoms with E-state index in [1.807, 2.05) is 0 Å². The zero-order valence-electron chi connectivity index (χ0n) is 5.06. The minimum absolute atomic E-state index is 0.0845. The molecule has 0 saturated carbocycles. The van der Waals surface area contributed by atoms with Crippen molar-refractivity contribution in [2.45, 2.75) is 6.54 Å². The second-order valence-electron chi connectivity index (χ2n) is 1.69. The van der Waals surface area contributed by atoms with Gasteiger partial charge in [-0.3, -0.25) is 4.79 Å². The predicted molar refractivity (Wildman–Crippen MR) is 32.1 cm³/mol. The third kappa shape index (κ3) is 1.44. The molecule has 0 fully saturated rings. The fourth-order valence-electron chi connectivity index (χ4n) is 0.524. The molecular weight excluding hydrogens is 136 g/mol. The zero-order chi connectivity index (χ0) is 7.56. The van der Waals surface area contributed by atoms with Crippen LogP contribution in [0.15, 0.2) is 6.33 Å². The molecule has 1 aromatic rings. The Morgan fingerprint density at radius 2 is 2.60 bits per heavy atom. The zero-order valence-corrected chi connectivity index (χ0v) is 5.06. The van der Waals surface area contributed by atoms with Crippen LogP contribution >= 0.6 is 0 Å². The fourth-order valence-corrected chi connectivity index (χ4v) is 0.524. The predicted octanol–water partition coefficient (Wildman–Crippen LogP) is -1.06. The highest BCUT2D eigenvalue weighted by Crippen LogP contribution is 1.87. The monoisotopic (exact) mass is 142 g/mol. The van der Waals surface area contributed by atoms with E-state index in [9.17, 15) is 4.79 Å². The van der Waals surface area contributed by atoms with Crippen LogP contribution in [-0.2, 0) is 11.3 Å². The topological polar surface area (TPSA) is 94.0 Å². The summed E-state index contributed by atoms with van der Waals surface area (Å²) in [4.78, 5) is 13.6. The summed E-state index contributed by atoms with van der Waals surface area (Å²) in [6.45, 7) is -0.204. The van der Waals surface area contributed by atoms with Crippen LogP contribution < -0.4 is 5.73 Å². The van der Waals surface area contributed by atoms with Gasteiger partial charge < -0.3 is 10.8 Å². The van der Waals surface area contributed by atoms with E-state index in [4.69, 9.17) is 10.8 Å². The Bertz CT molecular complexity index is 243. The van der Waals surface area contributed by atoms with Gasteiger partial charge in [0.25, 0.3) is 0 Å². The van der Waals surface area contributed by atoms with E-state index in [2.05, 4.69) is 10.1 Å². The first-order chi connectivity index (χ1) is 4.68. The van der Waals surface area contributed by atoms with Gasteiger partial charge in [0.15, 0.2) is 0 Å². The van der Waals surface area contributed by atoms with Crippen LogP contribution in [-0.4, -0.2) is 25.8 Å². The van der Waals surface area contributed by atoms with Crippen molar-refractivity contribution in [1.82, 2.24) is 14.8 Å². The third-order valence-corrected chi connectivity index (χ3v) is 0.851. The van der Waals surface area contributed by atoms with E-state index >= 15 is 0 Å². The number of anilines is 1. The quantitative estimate of drug-likeness (QED) is 0.549. The number of rotatable bonds is 2. The SMILES string of the molecule is Nc1ncn(CC(=O)O)n1. The normalized spacial score (nSPS) is 9.60. The maximum absolute atomic E-state index is 10.0. The minimum atomic E-state index is -0.968. The highest BCUT2D eigenvalue weighted by molar-refractivity contribution is 5.66. The summed E-state index contributed by atoms with van der Waals surface area (Å²) in [5.74, 6) is -0.883. The van der Waals surface area contributed by atoms with Crippen molar-refractivity contribution in [1.29, 1.82) is 0 Å². The maximum atomic E-state index is 10.0. The van der Waals surface area contributed by atoms with E-state index in [-0.39, 0.29) is 12.5 Å². The number of carboxylic acid groups (broad SMARTS) is 1. The van der Waals surface area contributed by atoms with Crippen LogP contribution in [0, 0.1) is 0 Å². The third-order valence-electron chi connectivity index (χ3n) is 0.851. The summed E-state index contributed by atoms with van der Waals surface area (Å²) in [6, 6.07) is 0. The molecule has 0 aliphatic rings. The first-order valence-corrected chi connectivity index (χ1v) is 2.55. The number of nitrogens with two attached hydrogens (primary N) is 1. The van der Waals surface area contributed by atoms with Crippen molar-refractivity contribution < 1.29 is 9.90 Å². The van der Waals surface area contributed by atoms with Gasteiger partial charge in [-0.2, -0.15) is 0 Å². The maximum Gasteiger partial charge on any atom is 0.325 e. The molecular formula is C4H6N4O2. The summed E-state index contributed by atoms with van der Waals surface area (Å²) < 4.78 is 1.15. The molecule has 0 spiro atoms. The molecule has 0 aromatic carbocycles. The Morgan fingerprint density at radius 3 is 3.00 bits per heavy atom. The first-order valence-electron chi connectivity index (χ1n) is 2.55. The molecule has 1 aromatic heterocycles. The van der Waals surface area contributed by atoms with Gasteiger partial charge in [-0.25, -0.2) is 9.67 Å². The van der Waals surface area contributed by atoms with Crippen molar-refractivity contribution >= 4 is 11.9 Å². The highest BCUT2D eigenvalue weighted by Gasteiger charge is 1.99. The molecule has 0 unspecified atom stereocenters. The highest BCUT2D eigenvalue weighted by atomic mass is 16.4. The molecule has 0 aliphatic carbocycles. The molecule has 54 valence electrons. The van der Waals surface area contributed by atoms with Gasteiger partial charge in [-0.05, 0) is 0 Å². The van der Waals surface area contributed by atoms with Crippen molar-refractivity contribution in [3.8, 4) is 0 Å². The van der Waals surface area contributed by atoms with E-state index in [1.54, 1.807) is 0 Å². The van der Waals surface area contributed by atoms with Gasteiger partial charge in [0.05, 0.1) is 0 Å². The van der Waals surface area contributed by atoms with Gasteiger partial charge in [0.2, 0.25) is 5.95 Å². The average molecular weight is 142 g/mol. The van der Waals surface area contributed by atoms with Crippen LogP contribution in [0.5, 0.6) is 0 Å².